The Morgan fingerprint density at radius 2 is 2.08 bits per heavy atom. The van der Waals surface area contributed by atoms with Crippen LogP contribution in [0.5, 0.6) is 0 Å². The Bertz CT molecular complexity index is 231. The summed E-state index contributed by atoms with van der Waals surface area (Å²) in [6.07, 6.45) is 0.984. The van der Waals surface area contributed by atoms with Crippen LogP contribution in [0.1, 0.15) is 34.1 Å². The molecule has 0 N–H and O–H groups in total. The minimum atomic E-state index is -0.322. The molecule has 1 aliphatic rings. The van der Waals surface area contributed by atoms with Gasteiger partial charge in [-0.1, -0.05) is 6.92 Å². The summed E-state index contributed by atoms with van der Waals surface area (Å²) in [5.74, 6) is 0.0850. The normalized spacial score (nSPS) is 21.5. The molecular formula is C9H16N2O. The van der Waals surface area contributed by atoms with E-state index in [2.05, 4.69) is 11.9 Å². The molecule has 0 aliphatic carbocycles. The van der Waals surface area contributed by atoms with Crippen molar-refractivity contribution in [3.8, 4) is 0 Å². The predicted octanol–water partition coefficient (Wildman–Crippen LogP) is 1.44. The minimum Gasteiger partial charge on any atom is -0.313 e. The van der Waals surface area contributed by atoms with Crippen molar-refractivity contribution in [2.45, 2.75) is 39.8 Å². The average molecular weight is 168 g/mol. The van der Waals surface area contributed by atoms with Crippen LogP contribution in [-0.2, 0) is 4.79 Å². The zero-order valence-electron chi connectivity index (χ0n) is 8.22. The average Bonchev–Trinajstić information content (AvgIpc) is 2.13. The molecule has 0 aromatic heterocycles. The molecule has 0 atom stereocenters. The monoisotopic (exact) mass is 168 g/mol. The Kier molecular flexibility index (Phi) is 2.22. The second-order valence-corrected chi connectivity index (χ2v) is 3.65. The number of rotatable bonds is 2. The quantitative estimate of drug-likeness (QED) is 0.614. The highest BCUT2D eigenvalue weighted by molar-refractivity contribution is 6.39. The van der Waals surface area contributed by atoms with Crippen LogP contribution >= 0.6 is 0 Å². The Morgan fingerprint density at radius 1 is 1.50 bits per heavy atom. The van der Waals surface area contributed by atoms with E-state index >= 15 is 0 Å². The first-order valence-corrected chi connectivity index (χ1v) is 4.37. The molecule has 0 bridgehead atoms. The smallest absolute Gasteiger partial charge is 0.269 e. The highest BCUT2D eigenvalue weighted by Gasteiger charge is 2.36. The van der Waals surface area contributed by atoms with E-state index < -0.39 is 0 Å². The number of amides is 1. The molecule has 1 rings (SSSR count). The van der Waals surface area contributed by atoms with Gasteiger partial charge in [0.15, 0.2) is 0 Å². The summed E-state index contributed by atoms with van der Waals surface area (Å²) in [5, 5.41) is 0. The van der Waals surface area contributed by atoms with Crippen molar-refractivity contribution in [1.82, 2.24) is 4.90 Å². The number of hydrogen-bond donors (Lipinski definition) is 0. The highest BCUT2D eigenvalue weighted by Crippen LogP contribution is 2.23. The van der Waals surface area contributed by atoms with Crippen LogP contribution in [0.15, 0.2) is 4.99 Å². The Morgan fingerprint density at radius 3 is 2.42 bits per heavy atom. The van der Waals surface area contributed by atoms with Gasteiger partial charge in [0.25, 0.3) is 5.91 Å². The largest absolute Gasteiger partial charge is 0.313 e. The van der Waals surface area contributed by atoms with E-state index in [0.717, 1.165) is 13.0 Å². The Balaban J connectivity index is 2.83. The fourth-order valence-corrected chi connectivity index (χ4v) is 1.56. The van der Waals surface area contributed by atoms with Crippen molar-refractivity contribution in [3.05, 3.63) is 0 Å². The highest BCUT2D eigenvalue weighted by atomic mass is 16.2. The second kappa shape index (κ2) is 2.88. The van der Waals surface area contributed by atoms with Gasteiger partial charge < -0.3 is 4.90 Å². The molecule has 0 spiro atoms. The molecule has 0 aromatic rings. The fourth-order valence-electron chi connectivity index (χ4n) is 1.56. The molecule has 0 unspecified atom stereocenters. The van der Waals surface area contributed by atoms with Crippen LogP contribution in [0.3, 0.4) is 0 Å². The number of nitrogens with zero attached hydrogens (tertiary/aromatic N) is 2. The van der Waals surface area contributed by atoms with Crippen LogP contribution in [0.25, 0.3) is 0 Å². The lowest BCUT2D eigenvalue weighted by atomic mass is 10.2. The summed E-state index contributed by atoms with van der Waals surface area (Å²) < 4.78 is 0. The zero-order chi connectivity index (χ0) is 9.35. The zero-order valence-corrected chi connectivity index (χ0v) is 8.22. The molecule has 0 fully saturated rings. The first kappa shape index (κ1) is 9.23. The summed E-state index contributed by atoms with van der Waals surface area (Å²) in [6, 6.07) is 0. The van der Waals surface area contributed by atoms with Crippen LogP contribution in [0, 0.1) is 0 Å². The summed E-state index contributed by atoms with van der Waals surface area (Å²) in [5.41, 5.74) is 0.311. The lowest BCUT2D eigenvalue weighted by Crippen LogP contribution is -2.42. The van der Waals surface area contributed by atoms with Crippen molar-refractivity contribution in [1.29, 1.82) is 0 Å². The van der Waals surface area contributed by atoms with Crippen LogP contribution in [0.4, 0.5) is 0 Å². The SMILES string of the molecule is CCCN1C(=O)C(C)=NC1(C)C. The third-order valence-electron chi connectivity index (χ3n) is 2.10. The van der Waals surface area contributed by atoms with Gasteiger partial charge in [-0.15, -0.1) is 0 Å². The first-order chi connectivity index (χ1) is 5.49. The third kappa shape index (κ3) is 1.36. The fraction of sp³-hybridized carbons (Fsp3) is 0.778. The molecule has 3 nitrogen and oxygen atoms in total. The van der Waals surface area contributed by atoms with Gasteiger partial charge in [-0.25, -0.2) is 0 Å². The molecular weight excluding hydrogens is 152 g/mol. The molecule has 1 aliphatic heterocycles. The van der Waals surface area contributed by atoms with Gasteiger partial charge in [-0.3, -0.25) is 9.79 Å². The molecule has 68 valence electrons. The van der Waals surface area contributed by atoms with E-state index in [0.29, 0.717) is 5.71 Å². The lowest BCUT2D eigenvalue weighted by Gasteiger charge is -2.29. The molecule has 0 saturated heterocycles. The summed E-state index contributed by atoms with van der Waals surface area (Å²) in [6.45, 7) is 8.58. The molecule has 1 amide bonds. The summed E-state index contributed by atoms with van der Waals surface area (Å²) >= 11 is 0. The third-order valence-corrected chi connectivity index (χ3v) is 2.10. The van der Waals surface area contributed by atoms with E-state index in [9.17, 15) is 4.79 Å². The maximum absolute atomic E-state index is 11.5. The molecule has 1 heterocycles. The van der Waals surface area contributed by atoms with Gasteiger partial charge in [0.2, 0.25) is 0 Å². The molecule has 0 aromatic carbocycles. The van der Waals surface area contributed by atoms with E-state index in [1.807, 2.05) is 18.7 Å². The first-order valence-electron chi connectivity index (χ1n) is 4.37. The molecule has 0 saturated carbocycles. The maximum atomic E-state index is 11.5. The lowest BCUT2D eigenvalue weighted by molar-refractivity contribution is -0.126. The van der Waals surface area contributed by atoms with E-state index in [4.69, 9.17) is 0 Å². The van der Waals surface area contributed by atoms with Crippen molar-refractivity contribution in [2.24, 2.45) is 4.99 Å². The van der Waals surface area contributed by atoms with Crippen molar-refractivity contribution < 1.29 is 4.79 Å². The summed E-state index contributed by atoms with van der Waals surface area (Å²) in [4.78, 5) is 17.6. The van der Waals surface area contributed by atoms with Gasteiger partial charge in [-0.05, 0) is 27.2 Å². The van der Waals surface area contributed by atoms with Crippen LogP contribution in [0.2, 0.25) is 0 Å². The molecule has 3 heteroatoms. The van der Waals surface area contributed by atoms with E-state index in [1.54, 1.807) is 6.92 Å². The Labute approximate surface area is 73.5 Å². The number of carbonyl (C=O) groups is 1. The topological polar surface area (TPSA) is 32.7 Å². The number of hydrogen-bond acceptors (Lipinski definition) is 2. The minimum absolute atomic E-state index is 0.0850. The van der Waals surface area contributed by atoms with Gasteiger partial charge in [0.1, 0.15) is 5.66 Å². The van der Waals surface area contributed by atoms with Crippen LogP contribution in [-0.4, -0.2) is 28.7 Å². The van der Waals surface area contributed by atoms with E-state index in [-0.39, 0.29) is 11.6 Å². The van der Waals surface area contributed by atoms with Gasteiger partial charge in [0.05, 0.1) is 5.71 Å². The standard InChI is InChI=1S/C9H16N2O/c1-5-6-11-8(12)7(2)10-9(11,3)4/h5-6H2,1-4H3. The van der Waals surface area contributed by atoms with Crippen molar-refractivity contribution in [2.75, 3.05) is 6.54 Å². The van der Waals surface area contributed by atoms with Crippen molar-refractivity contribution >= 4 is 11.6 Å². The van der Waals surface area contributed by atoms with E-state index in [1.165, 1.54) is 0 Å². The molecule has 0 radical (unpaired) electrons. The summed E-state index contributed by atoms with van der Waals surface area (Å²) in [7, 11) is 0. The number of carbonyl (C=O) groups excluding carboxylic acids is 1. The number of aliphatic imine (C=N–C) groups is 1. The maximum Gasteiger partial charge on any atom is 0.269 e. The van der Waals surface area contributed by atoms with Gasteiger partial charge >= 0.3 is 0 Å². The van der Waals surface area contributed by atoms with Gasteiger partial charge in [0, 0.05) is 6.54 Å². The predicted molar refractivity (Wildman–Crippen MR) is 49.2 cm³/mol. The second-order valence-electron chi connectivity index (χ2n) is 3.65. The Hall–Kier alpha value is -0.860. The molecule has 12 heavy (non-hydrogen) atoms. The van der Waals surface area contributed by atoms with Crippen molar-refractivity contribution in [3.63, 3.8) is 0 Å². The van der Waals surface area contributed by atoms with Gasteiger partial charge in [-0.2, -0.15) is 0 Å². The van der Waals surface area contributed by atoms with Crippen LogP contribution < -0.4 is 0 Å².